The number of hydrogen-bond acceptors (Lipinski definition) is 3. The van der Waals surface area contributed by atoms with Crippen LogP contribution in [0.1, 0.15) is 17.3 Å². The zero-order valence-corrected chi connectivity index (χ0v) is 8.11. The summed E-state index contributed by atoms with van der Waals surface area (Å²) in [5.41, 5.74) is 0.259. The molecule has 14 heavy (non-hydrogen) atoms. The van der Waals surface area contributed by atoms with Gasteiger partial charge in [0.25, 0.3) is 10.1 Å². The summed E-state index contributed by atoms with van der Waals surface area (Å²) < 4.78 is 30.0. The number of rotatable bonds is 2. The first kappa shape index (κ1) is 12.7. The molecule has 78 valence electrons. The zero-order valence-electron chi connectivity index (χ0n) is 7.30. The van der Waals surface area contributed by atoms with Crippen LogP contribution in [-0.2, 0) is 10.1 Å². The molecule has 1 aromatic rings. The monoisotopic (exact) mass is 220 g/mol. The van der Waals surface area contributed by atoms with Crippen LogP contribution in [0.4, 0.5) is 4.70 Å². The summed E-state index contributed by atoms with van der Waals surface area (Å²) in [5.74, 6) is -0.245. The predicted molar refractivity (Wildman–Crippen MR) is 48.8 cm³/mol. The SMILES string of the molecule is CC(=O)c1cccc(S(=O)(=O)O)c1.F. The summed E-state index contributed by atoms with van der Waals surface area (Å²) in [4.78, 5) is 10.6. The lowest BCUT2D eigenvalue weighted by Crippen LogP contribution is -2.00. The highest BCUT2D eigenvalue weighted by atomic mass is 32.2. The van der Waals surface area contributed by atoms with Gasteiger partial charge in [0, 0.05) is 5.56 Å². The normalized spacial score (nSPS) is 10.4. The lowest BCUT2D eigenvalue weighted by molar-refractivity contribution is 0.101. The van der Waals surface area contributed by atoms with Gasteiger partial charge in [0.2, 0.25) is 0 Å². The van der Waals surface area contributed by atoms with Crippen LogP contribution in [0.5, 0.6) is 0 Å². The van der Waals surface area contributed by atoms with E-state index in [1.54, 1.807) is 0 Å². The van der Waals surface area contributed by atoms with Crippen molar-refractivity contribution < 1.29 is 22.5 Å². The van der Waals surface area contributed by atoms with Crippen LogP contribution in [0.2, 0.25) is 0 Å². The summed E-state index contributed by atoms with van der Waals surface area (Å²) in [6.45, 7) is 1.32. The summed E-state index contributed by atoms with van der Waals surface area (Å²) >= 11 is 0. The van der Waals surface area contributed by atoms with Gasteiger partial charge >= 0.3 is 0 Å². The Bertz CT molecular complexity index is 438. The molecule has 0 heterocycles. The van der Waals surface area contributed by atoms with Crippen LogP contribution in [0.25, 0.3) is 0 Å². The van der Waals surface area contributed by atoms with Crippen LogP contribution >= 0.6 is 0 Å². The maximum atomic E-state index is 10.8. The molecule has 0 aliphatic rings. The number of ketones is 1. The van der Waals surface area contributed by atoms with Crippen LogP contribution in [0.3, 0.4) is 0 Å². The van der Waals surface area contributed by atoms with E-state index in [0.29, 0.717) is 0 Å². The van der Waals surface area contributed by atoms with Crippen molar-refractivity contribution in [3.05, 3.63) is 29.8 Å². The lowest BCUT2D eigenvalue weighted by Gasteiger charge is -1.98. The minimum Gasteiger partial charge on any atom is -0.295 e. The molecular formula is C8H9FO4S. The fraction of sp³-hybridized carbons (Fsp3) is 0.125. The van der Waals surface area contributed by atoms with Crippen molar-refractivity contribution in [2.75, 3.05) is 0 Å². The second-order valence-corrected chi connectivity index (χ2v) is 3.98. The van der Waals surface area contributed by atoms with Crippen molar-refractivity contribution in [1.29, 1.82) is 0 Å². The number of halogens is 1. The minimum atomic E-state index is -4.21. The number of hydrogen-bond donors (Lipinski definition) is 1. The maximum absolute atomic E-state index is 10.8. The van der Waals surface area contributed by atoms with Gasteiger partial charge in [0.15, 0.2) is 5.78 Å². The van der Waals surface area contributed by atoms with Crippen LogP contribution < -0.4 is 0 Å². The van der Waals surface area contributed by atoms with E-state index in [1.165, 1.54) is 25.1 Å². The highest BCUT2D eigenvalue weighted by molar-refractivity contribution is 7.85. The van der Waals surface area contributed by atoms with Gasteiger partial charge in [-0.1, -0.05) is 12.1 Å². The molecule has 0 bridgehead atoms. The number of carbonyl (C=O) groups excluding carboxylic acids is 1. The molecule has 0 aliphatic heterocycles. The molecule has 1 N–H and O–H groups in total. The molecule has 0 radical (unpaired) electrons. The third-order valence-electron chi connectivity index (χ3n) is 1.54. The summed E-state index contributed by atoms with van der Waals surface area (Å²) in [7, 11) is -4.21. The Morgan fingerprint density at radius 2 is 1.93 bits per heavy atom. The highest BCUT2D eigenvalue weighted by Crippen LogP contribution is 2.11. The molecule has 1 rings (SSSR count). The fourth-order valence-corrected chi connectivity index (χ4v) is 1.40. The molecule has 0 aromatic heterocycles. The van der Waals surface area contributed by atoms with Gasteiger partial charge in [-0.05, 0) is 19.1 Å². The van der Waals surface area contributed by atoms with E-state index in [-0.39, 0.29) is 20.9 Å². The lowest BCUT2D eigenvalue weighted by atomic mass is 10.2. The second kappa shape index (κ2) is 4.30. The number of Topliss-reactive ketones (excluding diaryl/α,β-unsaturated/α-hetero) is 1. The van der Waals surface area contributed by atoms with E-state index in [1.807, 2.05) is 0 Å². The molecule has 0 spiro atoms. The average molecular weight is 220 g/mol. The van der Waals surface area contributed by atoms with E-state index in [2.05, 4.69) is 0 Å². The molecule has 0 unspecified atom stereocenters. The van der Waals surface area contributed by atoms with Crippen molar-refractivity contribution in [2.24, 2.45) is 0 Å². The number of benzene rings is 1. The van der Waals surface area contributed by atoms with E-state index in [0.717, 1.165) is 6.07 Å². The Morgan fingerprint density at radius 1 is 1.36 bits per heavy atom. The van der Waals surface area contributed by atoms with Gasteiger partial charge in [-0.3, -0.25) is 14.1 Å². The van der Waals surface area contributed by atoms with Crippen molar-refractivity contribution in [3.63, 3.8) is 0 Å². The number of carbonyl (C=O) groups is 1. The third kappa shape index (κ3) is 2.90. The first-order valence-corrected chi connectivity index (χ1v) is 4.94. The van der Waals surface area contributed by atoms with Crippen LogP contribution in [0, 0.1) is 0 Å². The maximum Gasteiger partial charge on any atom is 0.294 e. The minimum absolute atomic E-state index is 0. The Kier molecular flexibility index (Phi) is 3.91. The van der Waals surface area contributed by atoms with Crippen LogP contribution in [0.15, 0.2) is 29.2 Å². The smallest absolute Gasteiger partial charge is 0.294 e. The fourth-order valence-electron chi connectivity index (χ4n) is 0.876. The van der Waals surface area contributed by atoms with Crippen molar-refractivity contribution >= 4 is 15.9 Å². The second-order valence-electron chi connectivity index (χ2n) is 2.56. The van der Waals surface area contributed by atoms with Gasteiger partial charge in [-0.2, -0.15) is 8.42 Å². The Hall–Kier alpha value is -1.27. The topological polar surface area (TPSA) is 71.4 Å². The predicted octanol–water partition coefficient (Wildman–Crippen LogP) is 1.29. The average Bonchev–Trinajstić information content (AvgIpc) is 2.03. The summed E-state index contributed by atoms with van der Waals surface area (Å²) in [6, 6.07) is 5.25. The van der Waals surface area contributed by atoms with Gasteiger partial charge in [0.1, 0.15) is 0 Å². The Labute approximate surface area is 80.7 Å². The van der Waals surface area contributed by atoms with Gasteiger partial charge in [0.05, 0.1) is 4.90 Å². The standard InChI is InChI=1S/C8H8O4S.FH/c1-6(9)7-3-2-4-8(5-7)13(10,11)12;/h2-5H,1H3,(H,10,11,12);1H. The van der Waals surface area contributed by atoms with Crippen molar-refractivity contribution in [3.8, 4) is 0 Å². The molecule has 0 amide bonds. The molecule has 0 atom stereocenters. The van der Waals surface area contributed by atoms with Crippen molar-refractivity contribution in [2.45, 2.75) is 11.8 Å². The molecule has 0 fully saturated rings. The molecule has 6 heteroatoms. The largest absolute Gasteiger partial charge is 0.295 e. The zero-order chi connectivity index (χ0) is 10.1. The molecule has 0 saturated carbocycles. The quantitative estimate of drug-likeness (QED) is 0.602. The third-order valence-corrected chi connectivity index (χ3v) is 2.39. The summed E-state index contributed by atoms with van der Waals surface area (Å²) in [6.07, 6.45) is 0. The van der Waals surface area contributed by atoms with Gasteiger partial charge in [-0.25, -0.2) is 0 Å². The highest BCUT2D eigenvalue weighted by Gasteiger charge is 2.10. The molecule has 0 saturated heterocycles. The first-order chi connectivity index (χ1) is 5.91. The van der Waals surface area contributed by atoms with Crippen LogP contribution in [-0.4, -0.2) is 18.8 Å². The first-order valence-electron chi connectivity index (χ1n) is 3.50. The van der Waals surface area contributed by atoms with Crippen molar-refractivity contribution in [1.82, 2.24) is 0 Å². The van der Waals surface area contributed by atoms with E-state index in [9.17, 15) is 13.2 Å². The molecule has 0 aliphatic carbocycles. The van der Waals surface area contributed by atoms with Gasteiger partial charge < -0.3 is 0 Å². The van der Waals surface area contributed by atoms with Gasteiger partial charge in [-0.15, -0.1) is 0 Å². The Morgan fingerprint density at radius 3 is 2.36 bits per heavy atom. The molecular weight excluding hydrogens is 211 g/mol. The molecule has 1 aromatic carbocycles. The Balaban J connectivity index is 0.00000169. The van der Waals surface area contributed by atoms with E-state index < -0.39 is 10.1 Å². The molecule has 4 nitrogen and oxygen atoms in total. The van der Waals surface area contributed by atoms with E-state index >= 15 is 0 Å². The summed E-state index contributed by atoms with van der Waals surface area (Å²) in [5, 5.41) is 0. The van der Waals surface area contributed by atoms with E-state index in [4.69, 9.17) is 4.55 Å².